The quantitative estimate of drug-likeness (QED) is 0.514. The summed E-state index contributed by atoms with van der Waals surface area (Å²) >= 11 is 0. The number of likely N-dealkylation sites (tertiary alicyclic amines) is 1. The maximum atomic E-state index is 13.9. The maximum absolute atomic E-state index is 13.9. The second-order valence-electron chi connectivity index (χ2n) is 9.68. The Bertz CT molecular complexity index is 1150. The van der Waals surface area contributed by atoms with Crippen LogP contribution in [0, 0.1) is 0 Å². The first-order valence-corrected chi connectivity index (χ1v) is 12.7. The van der Waals surface area contributed by atoms with Crippen molar-refractivity contribution in [3.05, 3.63) is 66.0 Å². The fraction of sp³-hybridized carbons (Fsp3) is 0.464. The molecule has 2 fully saturated rings. The van der Waals surface area contributed by atoms with Gasteiger partial charge >= 0.3 is 0 Å². The van der Waals surface area contributed by atoms with Crippen molar-refractivity contribution < 1.29 is 9.59 Å². The number of carbonyl (C=O) groups excluding carboxylic acids is 2. The number of hydrogen-bond donors (Lipinski definition) is 0. The third-order valence-electron chi connectivity index (χ3n) is 7.47. The number of rotatable bonds is 7. The summed E-state index contributed by atoms with van der Waals surface area (Å²) in [4.78, 5) is 35.3. The van der Waals surface area contributed by atoms with Crippen molar-refractivity contribution >= 4 is 22.8 Å². The molecule has 2 aliphatic rings. The Balaban J connectivity index is 1.46. The summed E-state index contributed by atoms with van der Waals surface area (Å²) in [5.41, 5.74) is 3.02. The van der Waals surface area contributed by atoms with Crippen molar-refractivity contribution in [2.45, 2.75) is 70.5 Å². The Morgan fingerprint density at radius 2 is 1.76 bits per heavy atom. The van der Waals surface area contributed by atoms with E-state index in [1.54, 1.807) is 0 Å². The van der Waals surface area contributed by atoms with Crippen molar-refractivity contribution in [3.63, 3.8) is 0 Å². The van der Waals surface area contributed by atoms with Crippen LogP contribution in [0.2, 0.25) is 0 Å². The fourth-order valence-corrected chi connectivity index (χ4v) is 5.64. The number of para-hydroxylation sites is 2. The van der Waals surface area contributed by atoms with E-state index in [4.69, 9.17) is 4.98 Å². The third kappa shape index (κ3) is 4.59. The van der Waals surface area contributed by atoms with Crippen LogP contribution in [0.15, 0.2) is 54.6 Å². The predicted molar refractivity (Wildman–Crippen MR) is 133 cm³/mol. The van der Waals surface area contributed by atoms with Gasteiger partial charge in [0.15, 0.2) is 0 Å². The number of aromatic nitrogens is 2. The van der Waals surface area contributed by atoms with Gasteiger partial charge in [-0.3, -0.25) is 9.59 Å². The molecule has 0 bridgehead atoms. The lowest BCUT2D eigenvalue weighted by atomic mass is 9.93. The zero-order valence-electron chi connectivity index (χ0n) is 20.0. The first-order chi connectivity index (χ1) is 16.6. The van der Waals surface area contributed by atoms with Crippen LogP contribution in [-0.2, 0) is 22.7 Å². The summed E-state index contributed by atoms with van der Waals surface area (Å²) in [6.07, 6.45) is 6.21. The number of imidazole rings is 1. The highest BCUT2D eigenvalue weighted by Crippen LogP contribution is 2.31. The van der Waals surface area contributed by atoms with E-state index in [-0.39, 0.29) is 30.3 Å². The predicted octanol–water partition coefficient (Wildman–Crippen LogP) is 4.73. The minimum atomic E-state index is 0.0184. The van der Waals surface area contributed by atoms with Crippen molar-refractivity contribution in [1.29, 1.82) is 0 Å². The largest absolute Gasteiger partial charge is 0.342 e. The number of hydrogen-bond acceptors (Lipinski definition) is 3. The van der Waals surface area contributed by atoms with Crippen molar-refractivity contribution in [1.82, 2.24) is 19.4 Å². The smallest absolute Gasteiger partial charge is 0.243 e. The molecule has 0 radical (unpaired) electrons. The third-order valence-corrected chi connectivity index (χ3v) is 7.47. The Kier molecular flexibility index (Phi) is 6.66. The standard InChI is InChI=1S/C28H34N4O2/c1-2-30-19-22(17-26(30)33)28-29-24-15-9-10-16-25(24)32(28)20-27(34)31(23-13-7-4-8-14-23)18-21-11-5-3-6-12-21/h3,5-6,9-12,15-16,22-23H,2,4,7-8,13-14,17-20H2,1H3. The Hall–Kier alpha value is -3.15. The minimum Gasteiger partial charge on any atom is -0.342 e. The van der Waals surface area contributed by atoms with Gasteiger partial charge in [0, 0.05) is 38.0 Å². The average molecular weight is 459 g/mol. The van der Waals surface area contributed by atoms with Crippen LogP contribution in [0.5, 0.6) is 0 Å². The number of amides is 2. The van der Waals surface area contributed by atoms with E-state index < -0.39 is 0 Å². The monoisotopic (exact) mass is 458 g/mol. The molecule has 3 aromatic rings. The second kappa shape index (κ2) is 10.00. The summed E-state index contributed by atoms with van der Waals surface area (Å²) in [6, 6.07) is 18.6. The van der Waals surface area contributed by atoms with Crippen LogP contribution in [0.1, 0.15) is 62.8 Å². The molecule has 0 N–H and O–H groups in total. The Morgan fingerprint density at radius 1 is 1.03 bits per heavy atom. The van der Waals surface area contributed by atoms with E-state index >= 15 is 0 Å². The molecular formula is C28H34N4O2. The lowest BCUT2D eigenvalue weighted by Gasteiger charge is -2.35. The number of carbonyl (C=O) groups is 2. The summed E-state index contributed by atoms with van der Waals surface area (Å²) in [6.45, 7) is 4.29. The molecule has 178 valence electrons. The van der Waals surface area contributed by atoms with Crippen molar-refractivity contribution in [3.8, 4) is 0 Å². The highest BCUT2D eigenvalue weighted by molar-refractivity contribution is 5.83. The topological polar surface area (TPSA) is 58.4 Å². The molecule has 1 aromatic heterocycles. The second-order valence-corrected chi connectivity index (χ2v) is 9.68. The van der Waals surface area contributed by atoms with Crippen LogP contribution >= 0.6 is 0 Å². The molecular weight excluding hydrogens is 424 g/mol. The molecule has 6 heteroatoms. The molecule has 2 aromatic carbocycles. The number of benzene rings is 2. The lowest BCUT2D eigenvalue weighted by Crippen LogP contribution is -2.42. The highest BCUT2D eigenvalue weighted by Gasteiger charge is 2.34. The summed E-state index contributed by atoms with van der Waals surface area (Å²) in [7, 11) is 0. The molecule has 2 amide bonds. The fourth-order valence-electron chi connectivity index (χ4n) is 5.64. The molecule has 1 saturated heterocycles. The molecule has 1 saturated carbocycles. The van der Waals surface area contributed by atoms with E-state index in [1.807, 2.05) is 54.3 Å². The summed E-state index contributed by atoms with van der Waals surface area (Å²) in [5, 5.41) is 0. The van der Waals surface area contributed by atoms with E-state index in [1.165, 1.54) is 19.3 Å². The van der Waals surface area contributed by atoms with Gasteiger partial charge in [0.2, 0.25) is 11.8 Å². The zero-order chi connectivity index (χ0) is 23.5. The lowest BCUT2D eigenvalue weighted by molar-refractivity contribution is -0.135. The van der Waals surface area contributed by atoms with Gasteiger partial charge in [-0.1, -0.05) is 61.7 Å². The highest BCUT2D eigenvalue weighted by atomic mass is 16.2. The molecule has 6 nitrogen and oxygen atoms in total. The van der Waals surface area contributed by atoms with E-state index in [0.29, 0.717) is 26.1 Å². The molecule has 1 aliphatic carbocycles. The molecule has 2 heterocycles. The minimum absolute atomic E-state index is 0.0184. The number of nitrogens with zero attached hydrogens (tertiary/aromatic N) is 4. The van der Waals surface area contributed by atoms with Crippen molar-refractivity contribution in [2.24, 2.45) is 0 Å². The molecule has 1 aliphatic heterocycles. The van der Waals surface area contributed by atoms with Crippen LogP contribution in [0.3, 0.4) is 0 Å². The molecule has 1 unspecified atom stereocenters. The van der Waals surface area contributed by atoms with Crippen LogP contribution in [-0.4, -0.2) is 50.3 Å². The van der Waals surface area contributed by atoms with Gasteiger partial charge in [0.25, 0.3) is 0 Å². The van der Waals surface area contributed by atoms with E-state index in [2.05, 4.69) is 21.6 Å². The van der Waals surface area contributed by atoms with Gasteiger partial charge < -0.3 is 14.4 Å². The van der Waals surface area contributed by atoms with Gasteiger partial charge in [-0.2, -0.15) is 0 Å². The van der Waals surface area contributed by atoms with Gasteiger partial charge in [0.05, 0.1) is 11.0 Å². The van der Waals surface area contributed by atoms with Gasteiger partial charge in [-0.15, -0.1) is 0 Å². The maximum Gasteiger partial charge on any atom is 0.243 e. The molecule has 1 atom stereocenters. The normalized spacial score (nSPS) is 19.1. The summed E-state index contributed by atoms with van der Waals surface area (Å²) in [5.74, 6) is 1.19. The van der Waals surface area contributed by atoms with E-state index in [9.17, 15) is 9.59 Å². The van der Waals surface area contributed by atoms with Gasteiger partial charge in [-0.05, 0) is 37.5 Å². The van der Waals surface area contributed by atoms with Gasteiger partial charge in [-0.25, -0.2) is 4.98 Å². The van der Waals surface area contributed by atoms with Crippen LogP contribution in [0.25, 0.3) is 11.0 Å². The first kappa shape index (κ1) is 22.6. The van der Waals surface area contributed by atoms with Crippen LogP contribution in [0.4, 0.5) is 0 Å². The number of fused-ring (bicyclic) bond motifs is 1. The number of likely N-dealkylation sites (N-methyl/N-ethyl adjacent to an activating group) is 1. The Morgan fingerprint density at radius 3 is 2.50 bits per heavy atom. The first-order valence-electron chi connectivity index (χ1n) is 12.7. The SMILES string of the molecule is CCN1CC(c2nc3ccccc3n2CC(=O)N(Cc2ccccc2)C2CCCCC2)CC1=O. The van der Waals surface area contributed by atoms with E-state index in [0.717, 1.165) is 35.3 Å². The van der Waals surface area contributed by atoms with Crippen molar-refractivity contribution in [2.75, 3.05) is 13.1 Å². The summed E-state index contributed by atoms with van der Waals surface area (Å²) < 4.78 is 2.08. The Labute approximate surface area is 201 Å². The van der Waals surface area contributed by atoms with Gasteiger partial charge in [0.1, 0.15) is 12.4 Å². The van der Waals surface area contributed by atoms with Crippen LogP contribution < -0.4 is 0 Å². The molecule has 5 rings (SSSR count). The molecule has 34 heavy (non-hydrogen) atoms. The average Bonchev–Trinajstić information content (AvgIpc) is 3.43. The molecule has 0 spiro atoms. The zero-order valence-corrected chi connectivity index (χ0v) is 20.0.